The maximum Gasteiger partial charge on any atom is 0.343 e. The highest BCUT2D eigenvalue weighted by Gasteiger charge is 2.30. The Hall–Kier alpha value is -4.45. The molecule has 2 heterocycles. The predicted molar refractivity (Wildman–Crippen MR) is 152 cm³/mol. The van der Waals surface area contributed by atoms with Gasteiger partial charge in [0.05, 0.1) is 41.2 Å². The molecule has 0 radical (unpaired) electrons. The van der Waals surface area contributed by atoms with Crippen molar-refractivity contribution in [2.24, 2.45) is 0 Å². The molecular formula is C29H33FN4O7. The van der Waals surface area contributed by atoms with Gasteiger partial charge in [-0.25, -0.2) is 9.18 Å². The molecule has 2 amide bonds. The van der Waals surface area contributed by atoms with E-state index in [1.54, 1.807) is 47.8 Å². The molecular weight excluding hydrogens is 535 g/mol. The number of carbonyl (C=O) groups is 3. The van der Waals surface area contributed by atoms with E-state index in [4.69, 9.17) is 14.2 Å². The molecule has 1 fully saturated rings. The van der Waals surface area contributed by atoms with Crippen LogP contribution in [0.1, 0.15) is 37.6 Å². The molecule has 0 bridgehead atoms. The van der Waals surface area contributed by atoms with Gasteiger partial charge in [-0.3, -0.25) is 14.4 Å². The number of fused-ring (bicyclic) bond motifs is 1. The summed E-state index contributed by atoms with van der Waals surface area (Å²) in [6, 6.07) is 8.28. The molecule has 0 saturated carbocycles. The smallest absolute Gasteiger partial charge is 0.343 e. The lowest BCUT2D eigenvalue weighted by molar-refractivity contribution is -0.119. The van der Waals surface area contributed by atoms with E-state index in [9.17, 15) is 19.2 Å². The van der Waals surface area contributed by atoms with Gasteiger partial charge in [-0.05, 0) is 31.5 Å². The predicted octanol–water partition coefficient (Wildman–Crippen LogP) is 3.00. The fraction of sp³-hybridized carbons (Fsp3) is 0.379. The van der Waals surface area contributed by atoms with E-state index in [1.807, 2.05) is 0 Å². The number of carbonyl (C=O) groups excluding carboxylic acids is 3. The average molecular weight is 569 g/mol. The lowest BCUT2D eigenvalue weighted by atomic mass is 10.1. The molecule has 1 aliphatic rings. The third kappa shape index (κ3) is 6.32. The molecule has 0 aliphatic carbocycles. The first-order chi connectivity index (χ1) is 19.7. The fourth-order valence-electron chi connectivity index (χ4n) is 4.92. The second-order valence-corrected chi connectivity index (χ2v) is 9.56. The normalized spacial score (nSPS) is 14.7. The first-order valence-corrected chi connectivity index (χ1v) is 13.3. The Morgan fingerprint density at radius 1 is 1.10 bits per heavy atom. The van der Waals surface area contributed by atoms with Gasteiger partial charge >= 0.3 is 5.97 Å². The van der Waals surface area contributed by atoms with Crippen LogP contribution in [0.3, 0.4) is 0 Å². The maximum atomic E-state index is 16.2. The molecule has 2 N–H and O–H groups in total. The van der Waals surface area contributed by atoms with Gasteiger partial charge in [0.15, 0.2) is 5.82 Å². The summed E-state index contributed by atoms with van der Waals surface area (Å²) >= 11 is 0. The fourth-order valence-corrected chi connectivity index (χ4v) is 4.92. The number of amides is 2. The van der Waals surface area contributed by atoms with E-state index in [0.29, 0.717) is 37.6 Å². The van der Waals surface area contributed by atoms with Gasteiger partial charge in [-0.1, -0.05) is 12.1 Å². The second-order valence-electron chi connectivity index (χ2n) is 9.56. The summed E-state index contributed by atoms with van der Waals surface area (Å²) < 4.78 is 33.9. The Morgan fingerprint density at radius 3 is 2.54 bits per heavy atom. The highest BCUT2D eigenvalue weighted by atomic mass is 19.1. The van der Waals surface area contributed by atoms with Crippen molar-refractivity contribution in [2.45, 2.75) is 33.2 Å². The lowest BCUT2D eigenvalue weighted by Crippen LogP contribution is -2.35. The van der Waals surface area contributed by atoms with Crippen molar-refractivity contribution in [1.82, 2.24) is 9.88 Å². The van der Waals surface area contributed by atoms with Crippen LogP contribution in [0.15, 0.2) is 41.3 Å². The number of hydrogen-bond donors (Lipinski definition) is 2. The average Bonchev–Trinajstić information content (AvgIpc) is 3.38. The van der Waals surface area contributed by atoms with Gasteiger partial charge in [0.2, 0.25) is 17.2 Å². The molecule has 1 saturated heterocycles. The number of para-hydroxylation sites is 2. The van der Waals surface area contributed by atoms with Crippen LogP contribution in [0, 0.1) is 5.82 Å². The molecule has 1 unspecified atom stereocenters. The van der Waals surface area contributed by atoms with E-state index >= 15 is 4.39 Å². The van der Waals surface area contributed by atoms with Crippen LogP contribution in [-0.2, 0) is 19.1 Å². The van der Waals surface area contributed by atoms with Crippen molar-refractivity contribution in [2.75, 3.05) is 50.2 Å². The minimum atomic E-state index is -0.887. The molecule has 4 rings (SSSR count). The van der Waals surface area contributed by atoms with E-state index in [2.05, 4.69) is 10.6 Å². The first kappa shape index (κ1) is 29.5. The topological polar surface area (TPSA) is 128 Å². The van der Waals surface area contributed by atoms with Crippen LogP contribution in [-0.4, -0.2) is 68.4 Å². The molecule has 3 aromatic rings. The van der Waals surface area contributed by atoms with Crippen LogP contribution in [0.25, 0.3) is 16.6 Å². The molecule has 41 heavy (non-hydrogen) atoms. The van der Waals surface area contributed by atoms with Crippen LogP contribution in [0.2, 0.25) is 0 Å². The molecule has 0 spiro atoms. The number of nitrogens with zero attached hydrogens (tertiary/aromatic N) is 2. The lowest BCUT2D eigenvalue weighted by Gasteiger charge is -2.24. The maximum absolute atomic E-state index is 16.2. The zero-order valence-corrected chi connectivity index (χ0v) is 23.4. The third-order valence-corrected chi connectivity index (χ3v) is 6.62. The second kappa shape index (κ2) is 12.8. The summed E-state index contributed by atoms with van der Waals surface area (Å²) in [5.41, 5.74) is -0.660. The van der Waals surface area contributed by atoms with Crippen LogP contribution >= 0.6 is 0 Å². The summed E-state index contributed by atoms with van der Waals surface area (Å²) in [6.45, 7) is 5.54. The molecule has 1 aliphatic heterocycles. The molecule has 218 valence electrons. The monoisotopic (exact) mass is 568 g/mol. The van der Waals surface area contributed by atoms with Crippen molar-refractivity contribution in [3.63, 3.8) is 0 Å². The molecule has 11 nitrogen and oxygen atoms in total. The third-order valence-electron chi connectivity index (χ3n) is 6.62. The quantitative estimate of drug-likeness (QED) is 0.282. The Bertz CT molecular complexity index is 1540. The number of rotatable bonds is 10. The van der Waals surface area contributed by atoms with Crippen LogP contribution in [0.4, 0.5) is 15.8 Å². The first-order valence-electron chi connectivity index (χ1n) is 13.3. The number of halogens is 1. The molecule has 2 aromatic carbocycles. The zero-order chi connectivity index (χ0) is 29.7. The largest absolute Gasteiger partial charge is 0.489 e. The number of pyridine rings is 1. The number of esters is 1. The van der Waals surface area contributed by atoms with Crippen molar-refractivity contribution in [1.29, 1.82) is 0 Å². The van der Waals surface area contributed by atoms with Crippen LogP contribution in [0.5, 0.6) is 5.75 Å². The molecule has 1 atom stereocenters. The van der Waals surface area contributed by atoms with E-state index < -0.39 is 23.1 Å². The standard InChI is InChI=1S/C29H33FN4O7/c1-5-40-29(38)20-16-34(21-8-6-7-9-24(21)41-13-12-39-4)22-14-23(33-11-10-19(15-33)31-17(2)35)26(30)27(32-18(3)36)25(22)28(20)37/h6-9,14,16,19H,5,10-13,15H2,1-4H3,(H,31,35)(H,32,36). The van der Waals surface area contributed by atoms with Crippen molar-refractivity contribution < 1.29 is 33.0 Å². The Kier molecular flexibility index (Phi) is 9.23. The summed E-state index contributed by atoms with van der Waals surface area (Å²) in [7, 11) is 1.55. The Morgan fingerprint density at radius 2 is 1.85 bits per heavy atom. The number of benzene rings is 2. The Labute approximate surface area is 236 Å². The highest BCUT2D eigenvalue weighted by molar-refractivity contribution is 6.05. The minimum absolute atomic E-state index is 0.0172. The van der Waals surface area contributed by atoms with Gasteiger partial charge < -0.3 is 34.3 Å². The van der Waals surface area contributed by atoms with Gasteiger partial charge in [0.25, 0.3) is 0 Å². The zero-order valence-electron chi connectivity index (χ0n) is 23.4. The van der Waals surface area contributed by atoms with E-state index in [-0.39, 0.29) is 53.0 Å². The van der Waals surface area contributed by atoms with Gasteiger partial charge in [0, 0.05) is 46.3 Å². The van der Waals surface area contributed by atoms with Gasteiger partial charge in [-0.2, -0.15) is 0 Å². The van der Waals surface area contributed by atoms with Crippen molar-refractivity contribution in [3.8, 4) is 11.4 Å². The van der Waals surface area contributed by atoms with E-state index in [1.165, 1.54) is 26.1 Å². The molecule has 1 aromatic heterocycles. The van der Waals surface area contributed by atoms with Gasteiger partial charge in [-0.15, -0.1) is 0 Å². The van der Waals surface area contributed by atoms with Crippen molar-refractivity contribution >= 4 is 40.1 Å². The minimum Gasteiger partial charge on any atom is -0.489 e. The number of nitrogens with one attached hydrogen (secondary N) is 2. The summed E-state index contributed by atoms with van der Waals surface area (Å²) in [5, 5.41) is 5.12. The van der Waals surface area contributed by atoms with Gasteiger partial charge in [0.1, 0.15) is 17.9 Å². The number of hydrogen-bond acceptors (Lipinski definition) is 8. The summed E-state index contributed by atoms with van der Waals surface area (Å²) in [4.78, 5) is 52.2. The summed E-state index contributed by atoms with van der Waals surface area (Å²) in [6.07, 6.45) is 1.92. The Balaban J connectivity index is 2.03. The summed E-state index contributed by atoms with van der Waals surface area (Å²) in [5.74, 6) is -2.09. The SMILES string of the molecule is CCOC(=O)c1cn(-c2ccccc2OCCOC)c2cc(N3CCC(NC(C)=O)C3)c(F)c(NC(C)=O)c2c1=O. The highest BCUT2D eigenvalue weighted by Crippen LogP contribution is 2.37. The number of methoxy groups -OCH3 is 1. The van der Waals surface area contributed by atoms with Crippen molar-refractivity contribution in [3.05, 3.63) is 58.1 Å². The number of aromatic nitrogens is 1. The van der Waals surface area contributed by atoms with E-state index in [0.717, 1.165) is 0 Å². The molecule has 12 heteroatoms. The number of anilines is 2. The number of ether oxygens (including phenoxy) is 3. The van der Waals surface area contributed by atoms with Crippen LogP contribution < -0.4 is 25.7 Å².